The second kappa shape index (κ2) is 9.60. The lowest BCUT2D eigenvalue weighted by molar-refractivity contribution is -0.123. The van der Waals surface area contributed by atoms with Crippen molar-refractivity contribution in [2.75, 3.05) is 13.7 Å². The zero-order chi connectivity index (χ0) is 20.9. The lowest BCUT2D eigenvalue weighted by atomic mass is 9.86. The molecule has 0 spiro atoms. The number of hydrazine groups is 1. The normalized spacial score (nSPS) is 10.9. The van der Waals surface area contributed by atoms with Gasteiger partial charge in [-0.05, 0) is 64.4 Å². The van der Waals surface area contributed by atoms with E-state index in [2.05, 4.69) is 70.1 Å². The number of hydrogen-bond acceptors (Lipinski definition) is 4. The Morgan fingerprint density at radius 3 is 2.36 bits per heavy atom. The summed E-state index contributed by atoms with van der Waals surface area (Å²) in [6, 6.07) is 10.6. The van der Waals surface area contributed by atoms with Crippen LogP contribution in [0.1, 0.15) is 36.7 Å². The van der Waals surface area contributed by atoms with E-state index in [9.17, 15) is 9.59 Å². The summed E-state index contributed by atoms with van der Waals surface area (Å²) in [6.07, 6.45) is 0. The van der Waals surface area contributed by atoms with Crippen LogP contribution in [0.25, 0.3) is 0 Å². The van der Waals surface area contributed by atoms with Crippen molar-refractivity contribution in [2.24, 2.45) is 0 Å². The molecule has 6 nitrogen and oxygen atoms in total. The van der Waals surface area contributed by atoms with Gasteiger partial charge in [0.25, 0.3) is 11.8 Å². The SMILES string of the molecule is COc1ccc(C(=O)NNC(=O)COc2ccc(Br)cc2C(C)(C)C)cc1I. The molecule has 0 fully saturated rings. The largest absolute Gasteiger partial charge is 0.496 e. The van der Waals surface area contributed by atoms with Gasteiger partial charge >= 0.3 is 0 Å². The highest BCUT2D eigenvalue weighted by Gasteiger charge is 2.20. The summed E-state index contributed by atoms with van der Waals surface area (Å²) in [4.78, 5) is 24.2. The van der Waals surface area contributed by atoms with Gasteiger partial charge in [0.1, 0.15) is 11.5 Å². The summed E-state index contributed by atoms with van der Waals surface area (Å²) in [5, 5.41) is 0. The van der Waals surface area contributed by atoms with E-state index in [1.165, 1.54) is 0 Å². The number of nitrogens with one attached hydrogen (secondary N) is 2. The second-order valence-corrected chi connectivity index (χ2v) is 9.11. The molecule has 0 saturated carbocycles. The third-order valence-corrected chi connectivity index (χ3v) is 5.17. The fraction of sp³-hybridized carbons (Fsp3) is 0.300. The molecule has 0 atom stereocenters. The molecule has 2 aromatic rings. The lowest BCUT2D eigenvalue weighted by Gasteiger charge is -2.23. The van der Waals surface area contributed by atoms with Crippen LogP contribution in [-0.4, -0.2) is 25.5 Å². The molecule has 0 aliphatic heterocycles. The molecule has 2 rings (SSSR count). The van der Waals surface area contributed by atoms with Crippen molar-refractivity contribution in [2.45, 2.75) is 26.2 Å². The Hall–Kier alpha value is -1.81. The van der Waals surface area contributed by atoms with Gasteiger partial charge in [-0.2, -0.15) is 0 Å². The molecular formula is C20H22BrIN2O4. The van der Waals surface area contributed by atoms with Crippen LogP contribution in [0.3, 0.4) is 0 Å². The molecule has 0 bridgehead atoms. The highest BCUT2D eigenvalue weighted by molar-refractivity contribution is 14.1. The minimum absolute atomic E-state index is 0.144. The van der Waals surface area contributed by atoms with Crippen LogP contribution in [0.4, 0.5) is 0 Å². The number of benzene rings is 2. The molecule has 2 N–H and O–H groups in total. The molecule has 0 radical (unpaired) electrons. The standard InChI is InChI=1S/C20H22BrIN2O4/c1-20(2,3)14-10-13(21)6-8-16(14)28-11-18(25)23-24-19(26)12-5-7-17(27-4)15(22)9-12/h5-10H,11H2,1-4H3,(H,23,25)(H,24,26). The minimum atomic E-state index is -0.459. The summed E-state index contributed by atoms with van der Waals surface area (Å²) in [5.41, 5.74) is 5.99. The highest BCUT2D eigenvalue weighted by atomic mass is 127. The Labute approximate surface area is 186 Å². The number of halogens is 2. The topological polar surface area (TPSA) is 76.7 Å². The van der Waals surface area contributed by atoms with Crippen LogP contribution >= 0.6 is 38.5 Å². The first-order chi connectivity index (χ1) is 13.1. The van der Waals surface area contributed by atoms with Gasteiger partial charge in [-0.1, -0.05) is 36.7 Å². The Balaban J connectivity index is 1.93. The van der Waals surface area contributed by atoms with Crippen molar-refractivity contribution in [3.8, 4) is 11.5 Å². The maximum Gasteiger partial charge on any atom is 0.276 e. The van der Waals surface area contributed by atoms with Gasteiger partial charge in [0, 0.05) is 15.6 Å². The number of hydrogen-bond donors (Lipinski definition) is 2. The second-order valence-electron chi connectivity index (χ2n) is 7.03. The van der Waals surface area contributed by atoms with Crippen molar-refractivity contribution >= 4 is 50.3 Å². The van der Waals surface area contributed by atoms with Gasteiger partial charge < -0.3 is 9.47 Å². The fourth-order valence-corrected chi connectivity index (χ4v) is 3.50. The third kappa shape index (κ3) is 6.10. The quantitative estimate of drug-likeness (QED) is 0.424. The Morgan fingerprint density at radius 2 is 1.75 bits per heavy atom. The highest BCUT2D eigenvalue weighted by Crippen LogP contribution is 2.33. The smallest absolute Gasteiger partial charge is 0.276 e. The van der Waals surface area contributed by atoms with E-state index in [0.717, 1.165) is 13.6 Å². The van der Waals surface area contributed by atoms with Gasteiger partial charge in [0.15, 0.2) is 6.61 Å². The predicted octanol–water partition coefficient (Wildman–Crippen LogP) is 4.20. The lowest BCUT2D eigenvalue weighted by Crippen LogP contribution is -2.43. The maximum atomic E-state index is 12.2. The summed E-state index contributed by atoms with van der Waals surface area (Å²) in [6.45, 7) is 5.99. The van der Waals surface area contributed by atoms with Gasteiger partial charge in [-0.15, -0.1) is 0 Å². The van der Waals surface area contributed by atoms with Crippen LogP contribution in [0.2, 0.25) is 0 Å². The minimum Gasteiger partial charge on any atom is -0.496 e. The zero-order valence-electron chi connectivity index (χ0n) is 16.1. The van der Waals surface area contributed by atoms with Crippen molar-refractivity contribution < 1.29 is 19.1 Å². The Morgan fingerprint density at radius 1 is 1.07 bits per heavy atom. The molecule has 0 unspecified atom stereocenters. The van der Waals surface area contributed by atoms with Gasteiger partial charge in [0.2, 0.25) is 0 Å². The van der Waals surface area contributed by atoms with E-state index < -0.39 is 11.8 Å². The number of rotatable bonds is 5. The summed E-state index contributed by atoms with van der Waals surface area (Å²) in [7, 11) is 1.56. The number of carbonyl (C=O) groups is 2. The summed E-state index contributed by atoms with van der Waals surface area (Å²) in [5.74, 6) is 0.424. The average molecular weight is 561 g/mol. The first-order valence-electron chi connectivity index (χ1n) is 8.47. The van der Waals surface area contributed by atoms with Crippen LogP contribution in [0, 0.1) is 3.57 Å². The number of amides is 2. The van der Waals surface area contributed by atoms with Gasteiger partial charge in [-0.3, -0.25) is 20.4 Å². The molecule has 0 aromatic heterocycles. The molecule has 0 aliphatic carbocycles. The van der Waals surface area contributed by atoms with E-state index >= 15 is 0 Å². The molecule has 2 amide bonds. The van der Waals surface area contributed by atoms with Crippen molar-refractivity contribution in [1.29, 1.82) is 0 Å². The molecular weight excluding hydrogens is 539 g/mol. The van der Waals surface area contributed by atoms with Gasteiger partial charge in [-0.25, -0.2) is 0 Å². The first kappa shape index (κ1) is 22.5. The molecule has 0 saturated heterocycles. The maximum absolute atomic E-state index is 12.2. The van der Waals surface area contributed by atoms with Gasteiger partial charge in [0.05, 0.1) is 10.7 Å². The van der Waals surface area contributed by atoms with Crippen LogP contribution in [-0.2, 0) is 10.2 Å². The number of methoxy groups -OCH3 is 1. The Bertz CT molecular complexity index is 881. The molecule has 150 valence electrons. The average Bonchev–Trinajstić information content (AvgIpc) is 2.64. The number of carbonyl (C=O) groups excluding carboxylic acids is 2. The molecule has 8 heteroatoms. The van der Waals surface area contributed by atoms with E-state index in [1.54, 1.807) is 25.3 Å². The molecule has 0 heterocycles. The summed E-state index contributed by atoms with van der Waals surface area (Å²) < 4.78 is 12.6. The molecule has 2 aromatic carbocycles. The predicted molar refractivity (Wildman–Crippen MR) is 120 cm³/mol. The van der Waals surface area contributed by atoms with Crippen LogP contribution in [0.5, 0.6) is 11.5 Å². The monoisotopic (exact) mass is 560 g/mol. The number of ether oxygens (including phenoxy) is 2. The van der Waals surface area contributed by atoms with E-state index in [4.69, 9.17) is 9.47 Å². The van der Waals surface area contributed by atoms with E-state index in [-0.39, 0.29) is 12.0 Å². The van der Waals surface area contributed by atoms with Crippen LogP contribution < -0.4 is 20.3 Å². The first-order valence-corrected chi connectivity index (χ1v) is 10.3. The zero-order valence-corrected chi connectivity index (χ0v) is 19.8. The summed E-state index contributed by atoms with van der Waals surface area (Å²) >= 11 is 5.53. The van der Waals surface area contributed by atoms with Crippen molar-refractivity contribution in [3.63, 3.8) is 0 Å². The van der Waals surface area contributed by atoms with E-state index in [0.29, 0.717) is 17.1 Å². The molecule has 28 heavy (non-hydrogen) atoms. The van der Waals surface area contributed by atoms with E-state index in [1.807, 2.05) is 18.2 Å². The fourth-order valence-electron chi connectivity index (χ4n) is 2.40. The van der Waals surface area contributed by atoms with Crippen LogP contribution in [0.15, 0.2) is 40.9 Å². The third-order valence-electron chi connectivity index (χ3n) is 3.84. The Kier molecular flexibility index (Phi) is 7.70. The van der Waals surface area contributed by atoms with Crippen molar-refractivity contribution in [1.82, 2.24) is 10.9 Å². The molecule has 0 aliphatic rings. The van der Waals surface area contributed by atoms with Crippen molar-refractivity contribution in [3.05, 3.63) is 55.6 Å².